The van der Waals surface area contributed by atoms with E-state index in [-0.39, 0.29) is 75.5 Å². The summed E-state index contributed by atoms with van der Waals surface area (Å²) in [6, 6.07) is 9.40. The van der Waals surface area contributed by atoms with E-state index in [1.807, 2.05) is 6.92 Å². The Kier molecular flexibility index (Phi) is 23.2. The summed E-state index contributed by atoms with van der Waals surface area (Å²) in [7, 11) is 1.22. The fourth-order valence-electron chi connectivity index (χ4n) is 5.73. The van der Waals surface area contributed by atoms with Crippen LogP contribution in [0.2, 0.25) is 0 Å². The van der Waals surface area contributed by atoms with Crippen LogP contribution in [-0.4, -0.2) is 92.6 Å². The van der Waals surface area contributed by atoms with Gasteiger partial charge in [-0.25, -0.2) is 9.59 Å². The van der Waals surface area contributed by atoms with Gasteiger partial charge in [-0.15, -0.1) is 0 Å². The Labute approximate surface area is 348 Å². The molecule has 60 heavy (non-hydrogen) atoms. The number of primary amides is 1. The number of nitro groups is 1. The van der Waals surface area contributed by atoms with Gasteiger partial charge in [0.15, 0.2) is 5.78 Å². The van der Waals surface area contributed by atoms with Gasteiger partial charge in [0.05, 0.1) is 37.9 Å². The third-order valence-electron chi connectivity index (χ3n) is 9.00. The molecule has 0 saturated heterocycles. The molecule has 0 aliphatic rings. The van der Waals surface area contributed by atoms with E-state index in [0.717, 1.165) is 6.42 Å². The minimum absolute atomic E-state index is 0.00401. The van der Waals surface area contributed by atoms with Gasteiger partial charge in [-0.05, 0) is 61.4 Å². The van der Waals surface area contributed by atoms with Crippen molar-refractivity contribution in [2.24, 2.45) is 23.5 Å². The Morgan fingerprint density at radius 2 is 1.47 bits per heavy atom. The number of urea groups is 1. The number of non-ortho nitro benzene ring substituents is 1. The molecule has 2 aromatic carbocycles. The Balaban J connectivity index is 2.08. The summed E-state index contributed by atoms with van der Waals surface area (Å²) in [6.45, 7) is 6.85. The summed E-state index contributed by atoms with van der Waals surface area (Å²) in [5, 5.41) is 18.8. The Morgan fingerprint density at radius 1 is 0.817 bits per heavy atom. The first-order valence-corrected chi connectivity index (χ1v) is 19.7. The largest absolute Gasteiger partial charge is 0.514 e. The number of anilines is 1. The molecule has 0 saturated carbocycles. The molecule has 0 spiro atoms. The molecular weight excluding hydrogens is 786 g/mol. The molecule has 0 unspecified atom stereocenters. The second-order valence-corrected chi connectivity index (χ2v) is 14.1. The van der Waals surface area contributed by atoms with Crippen LogP contribution in [0.15, 0.2) is 48.5 Å². The number of rotatable bonds is 29. The minimum atomic E-state index is -1.04. The number of nitro benzene ring substituents is 1. The second kappa shape index (κ2) is 27.7. The third kappa shape index (κ3) is 20.1. The number of carbonyl (C=O) groups is 7. The molecule has 0 heterocycles. The first-order chi connectivity index (χ1) is 28.6. The molecule has 2 aromatic rings. The maximum absolute atomic E-state index is 13.9. The maximum Gasteiger partial charge on any atom is 0.514 e. The molecule has 2 rings (SSSR count). The van der Waals surface area contributed by atoms with E-state index >= 15 is 0 Å². The molecule has 0 aliphatic heterocycles. The molecule has 19 nitrogen and oxygen atoms in total. The normalized spacial score (nSPS) is 12.3. The number of methoxy groups -OCH3 is 1. The van der Waals surface area contributed by atoms with Crippen LogP contribution in [0.1, 0.15) is 77.7 Å². The summed E-state index contributed by atoms with van der Waals surface area (Å²) >= 11 is 0. The lowest BCUT2D eigenvalue weighted by molar-refractivity contribution is -0.384. The predicted molar refractivity (Wildman–Crippen MR) is 217 cm³/mol. The van der Waals surface area contributed by atoms with Crippen LogP contribution in [0.5, 0.6) is 5.75 Å². The van der Waals surface area contributed by atoms with Crippen molar-refractivity contribution in [3.05, 3.63) is 64.2 Å². The predicted octanol–water partition coefficient (Wildman–Crippen LogP) is 4.78. The molecule has 3 atom stereocenters. The van der Waals surface area contributed by atoms with Crippen LogP contribution in [-0.2, 0) is 49.5 Å². The molecule has 0 aromatic heterocycles. The Morgan fingerprint density at radius 3 is 2.07 bits per heavy atom. The van der Waals surface area contributed by atoms with Gasteiger partial charge < -0.3 is 45.4 Å². The lowest BCUT2D eigenvalue weighted by Gasteiger charge is -2.26. The van der Waals surface area contributed by atoms with Crippen LogP contribution < -0.4 is 26.4 Å². The number of amides is 4. The number of ether oxygens (including phenoxy) is 5. The number of nitrogens with two attached hydrogens (primary N) is 1. The van der Waals surface area contributed by atoms with Crippen molar-refractivity contribution in [2.45, 2.75) is 84.8 Å². The number of hydrogen-bond donors (Lipinski definition) is 4. The average molecular weight is 844 g/mol. The standard InChI is InChI=1S/C41H57N5O14/c1-5-20-57-22-23-58-21-18-33(47)24-30(10-17-36(49)56-4)39(51)45-37(27(2)3)35(48)25-29(7-6-19-43-40(42)52)38(50)44-31-11-8-28(9-12-31)26-59-41(53)60-34-15-13-32(14-16-34)46(54)55/h8-9,11-16,27,29-30,37H,5-7,10,17-26H2,1-4H3,(H,44,50)(H,45,51)(H3,42,43,52)/t29-,30-,37+/m1/s1. The molecule has 0 bridgehead atoms. The number of nitrogens with zero attached hydrogens (tertiary/aromatic N) is 1. The molecule has 4 amide bonds. The first kappa shape index (κ1) is 50.2. The van der Waals surface area contributed by atoms with Gasteiger partial charge >= 0.3 is 18.2 Å². The van der Waals surface area contributed by atoms with Crippen molar-refractivity contribution >= 4 is 52.9 Å². The van der Waals surface area contributed by atoms with Crippen LogP contribution in [0.4, 0.5) is 21.0 Å². The number of benzene rings is 2. The van der Waals surface area contributed by atoms with Crippen molar-refractivity contribution in [3.63, 3.8) is 0 Å². The third-order valence-corrected chi connectivity index (χ3v) is 9.00. The number of Topliss-reactive ketones (excluding diaryl/α,β-unsaturated/α-hetero) is 2. The summed E-state index contributed by atoms with van der Waals surface area (Å²) < 4.78 is 25.7. The fourth-order valence-corrected chi connectivity index (χ4v) is 5.73. The van der Waals surface area contributed by atoms with Gasteiger partial charge in [0.25, 0.3) is 5.69 Å². The van der Waals surface area contributed by atoms with Crippen molar-refractivity contribution in [3.8, 4) is 5.75 Å². The summed E-state index contributed by atoms with van der Waals surface area (Å²) in [5.74, 6) is -4.55. The van der Waals surface area contributed by atoms with Gasteiger partial charge in [-0.1, -0.05) is 32.9 Å². The zero-order valence-corrected chi connectivity index (χ0v) is 34.6. The maximum atomic E-state index is 13.9. The average Bonchev–Trinajstić information content (AvgIpc) is 3.21. The van der Waals surface area contributed by atoms with E-state index in [0.29, 0.717) is 37.5 Å². The second-order valence-electron chi connectivity index (χ2n) is 14.1. The molecule has 330 valence electrons. The molecule has 0 radical (unpaired) electrons. The number of hydrogen-bond acceptors (Lipinski definition) is 14. The zero-order chi connectivity index (χ0) is 44.5. The van der Waals surface area contributed by atoms with Gasteiger partial charge in [-0.3, -0.25) is 34.1 Å². The Bertz CT molecular complexity index is 1720. The number of ketones is 2. The highest BCUT2D eigenvalue weighted by Crippen LogP contribution is 2.22. The smallest absolute Gasteiger partial charge is 0.469 e. The number of nitrogens with one attached hydrogen (secondary N) is 3. The lowest BCUT2D eigenvalue weighted by atomic mass is 9.88. The van der Waals surface area contributed by atoms with Gasteiger partial charge in [0.1, 0.15) is 18.1 Å². The van der Waals surface area contributed by atoms with Gasteiger partial charge in [0.2, 0.25) is 11.8 Å². The molecule has 5 N–H and O–H groups in total. The van der Waals surface area contributed by atoms with Crippen LogP contribution in [0, 0.1) is 27.9 Å². The summed E-state index contributed by atoms with van der Waals surface area (Å²) in [5.41, 5.74) is 5.93. The van der Waals surface area contributed by atoms with Crippen LogP contribution in [0.25, 0.3) is 0 Å². The molecule has 0 aliphatic carbocycles. The molecule has 0 fully saturated rings. The quantitative estimate of drug-likeness (QED) is 0.0282. The van der Waals surface area contributed by atoms with Crippen molar-refractivity contribution in [2.75, 3.05) is 45.4 Å². The van der Waals surface area contributed by atoms with E-state index in [4.69, 9.17) is 29.4 Å². The first-order valence-electron chi connectivity index (χ1n) is 19.7. The van der Waals surface area contributed by atoms with Crippen molar-refractivity contribution < 1.29 is 62.2 Å². The highest BCUT2D eigenvalue weighted by molar-refractivity contribution is 5.98. The van der Waals surface area contributed by atoms with E-state index in [2.05, 4.69) is 16.0 Å². The summed E-state index contributed by atoms with van der Waals surface area (Å²) in [6.07, 6.45) is -0.240. The molecule has 19 heteroatoms. The number of esters is 1. The highest BCUT2D eigenvalue weighted by Gasteiger charge is 2.32. The fraction of sp³-hybridized carbons (Fsp3) is 0.537. The van der Waals surface area contributed by atoms with E-state index in [1.165, 1.54) is 31.4 Å². The van der Waals surface area contributed by atoms with Crippen LogP contribution >= 0.6 is 0 Å². The van der Waals surface area contributed by atoms with Gasteiger partial charge in [0, 0.05) is 68.5 Å². The van der Waals surface area contributed by atoms with Crippen molar-refractivity contribution in [1.29, 1.82) is 0 Å². The lowest BCUT2D eigenvalue weighted by Crippen LogP contribution is -2.48. The molecular formula is C41H57N5O14. The topological polar surface area (TPSA) is 271 Å². The monoisotopic (exact) mass is 843 g/mol. The Hall–Kier alpha value is -5.95. The number of carbonyl (C=O) groups excluding carboxylic acids is 7. The minimum Gasteiger partial charge on any atom is -0.469 e. The van der Waals surface area contributed by atoms with E-state index < -0.39 is 64.5 Å². The van der Waals surface area contributed by atoms with Gasteiger partial charge in [-0.2, -0.15) is 0 Å². The summed E-state index contributed by atoms with van der Waals surface area (Å²) in [4.78, 5) is 99.6. The van der Waals surface area contributed by atoms with Crippen molar-refractivity contribution in [1.82, 2.24) is 10.6 Å². The SMILES string of the molecule is CCCOCCOCCC(=O)C[C@@H](CCC(=O)OC)C(=O)N[C@H](C(=O)C[C@@H](CCCNC(N)=O)C(=O)Nc1ccc(COC(=O)Oc2ccc([N+](=O)[O-])cc2)cc1)C(C)C. The zero-order valence-electron chi connectivity index (χ0n) is 34.6. The van der Waals surface area contributed by atoms with Crippen LogP contribution in [0.3, 0.4) is 0 Å². The van der Waals surface area contributed by atoms with E-state index in [9.17, 15) is 43.7 Å². The van der Waals surface area contributed by atoms with E-state index in [1.54, 1.807) is 38.1 Å². The highest BCUT2D eigenvalue weighted by atomic mass is 16.7.